The van der Waals surface area contributed by atoms with Gasteiger partial charge in [-0.2, -0.15) is 0 Å². The summed E-state index contributed by atoms with van der Waals surface area (Å²) in [5.74, 6) is 0.699. The first kappa shape index (κ1) is 18.3. The third kappa shape index (κ3) is 4.35. The van der Waals surface area contributed by atoms with Crippen molar-refractivity contribution >= 4 is 23.2 Å². The first-order chi connectivity index (χ1) is 12.5. The number of hydrogen-bond acceptors (Lipinski definition) is 6. The Bertz CT molecular complexity index is 772. The molecule has 1 aliphatic heterocycles. The lowest BCUT2D eigenvalue weighted by Gasteiger charge is -2.25. The number of nitrogens with one attached hydrogen (secondary N) is 1. The first-order valence-corrected chi connectivity index (χ1v) is 9.32. The number of thiophene rings is 1. The Kier molecular flexibility index (Phi) is 5.78. The molecule has 6 nitrogen and oxygen atoms in total. The van der Waals surface area contributed by atoms with Crippen molar-refractivity contribution in [3.8, 4) is 11.5 Å². The molecule has 0 saturated carbocycles. The van der Waals surface area contributed by atoms with Crippen LogP contribution in [0, 0.1) is 5.92 Å². The van der Waals surface area contributed by atoms with Crippen LogP contribution in [0.4, 0.5) is 0 Å². The summed E-state index contributed by atoms with van der Waals surface area (Å²) in [6.45, 7) is 4.75. The van der Waals surface area contributed by atoms with Gasteiger partial charge in [0, 0.05) is 0 Å². The standard InChI is InChI=1S/C19H21NO5S/c1-12(2)18(13-5-6-14-15(10-13)24-8-7-23-14)20-17(21)11-25-19(22)16-4-3-9-26-16/h3-6,9-10,12,18H,7-8,11H2,1-2H3,(H,20,21)/t18-/m0/s1. The van der Waals surface area contributed by atoms with Gasteiger partial charge in [0.1, 0.15) is 18.1 Å². The number of carbonyl (C=O) groups is 2. The molecule has 0 aliphatic carbocycles. The Balaban J connectivity index is 1.63. The Morgan fingerprint density at radius 3 is 2.65 bits per heavy atom. The molecule has 0 fully saturated rings. The van der Waals surface area contributed by atoms with Gasteiger partial charge in [0.25, 0.3) is 5.91 Å². The lowest BCUT2D eigenvalue weighted by atomic mass is 9.95. The second kappa shape index (κ2) is 8.23. The normalized spacial score (nSPS) is 14.0. The average Bonchev–Trinajstić information content (AvgIpc) is 3.18. The lowest BCUT2D eigenvalue weighted by Crippen LogP contribution is -2.35. The van der Waals surface area contributed by atoms with Crippen LogP contribution >= 0.6 is 11.3 Å². The van der Waals surface area contributed by atoms with Crippen molar-refractivity contribution in [3.05, 3.63) is 46.2 Å². The molecule has 0 radical (unpaired) electrons. The second-order valence-corrected chi connectivity index (χ2v) is 7.19. The molecule has 0 saturated heterocycles. The van der Waals surface area contributed by atoms with E-state index in [1.807, 2.05) is 32.0 Å². The van der Waals surface area contributed by atoms with Gasteiger partial charge in [0.15, 0.2) is 18.1 Å². The zero-order chi connectivity index (χ0) is 18.5. The highest BCUT2D eigenvalue weighted by Crippen LogP contribution is 2.34. The van der Waals surface area contributed by atoms with Crippen molar-refractivity contribution in [1.29, 1.82) is 0 Å². The fourth-order valence-corrected chi connectivity index (χ4v) is 3.32. The van der Waals surface area contributed by atoms with E-state index < -0.39 is 5.97 Å². The number of amides is 1. The Hall–Kier alpha value is -2.54. The van der Waals surface area contributed by atoms with Crippen molar-refractivity contribution in [1.82, 2.24) is 5.32 Å². The quantitative estimate of drug-likeness (QED) is 0.785. The summed E-state index contributed by atoms with van der Waals surface area (Å²) in [6, 6.07) is 8.85. The maximum absolute atomic E-state index is 12.3. The van der Waals surface area contributed by atoms with Crippen LogP contribution in [-0.4, -0.2) is 31.7 Å². The summed E-state index contributed by atoms with van der Waals surface area (Å²) in [4.78, 5) is 24.6. The summed E-state index contributed by atoms with van der Waals surface area (Å²) in [5, 5.41) is 4.72. The van der Waals surface area contributed by atoms with Crippen molar-refractivity contribution in [3.63, 3.8) is 0 Å². The average molecular weight is 375 g/mol. The highest BCUT2D eigenvalue weighted by Gasteiger charge is 2.22. The molecule has 0 spiro atoms. The zero-order valence-corrected chi connectivity index (χ0v) is 15.5. The number of ether oxygens (including phenoxy) is 3. The van der Waals surface area contributed by atoms with Gasteiger partial charge in [-0.15, -0.1) is 11.3 Å². The summed E-state index contributed by atoms with van der Waals surface area (Å²) in [7, 11) is 0. The van der Waals surface area contributed by atoms with Crippen LogP contribution in [0.25, 0.3) is 0 Å². The van der Waals surface area contributed by atoms with E-state index in [0.717, 1.165) is 5.56 Å². The predicted octanol–water partition coefficient (Wildman–Crippen LogP) is 3.19. The summed E-state index contributed by atoms with van der Waals surface area (Å²) in [5.41, 5.74) is 0.919. The Morgan fingerprint density at radius 1 is 1.19 bits per heavy atom. The lowest BCUT2D eigenvalue weighted by molar-refractivity contribution is -0.125. The van der Waals surface area contributed by atoms with Gasteiger partial charge in [-0.1, -0.05) is 26.0 Å². The molecular formula is C19H21NO5S. The SMILES string of the molecule is CC(C)[C@H](NC(=O)COC(=O)c1cccs1)c1ccc2c(c1)OCCO2. The third-order valence-electron chi connectivity index (χ3n) is 3.97. The molecule has 1 amide bonds. The molecule has 1 atom stereocenters. The fraction of sp³-hybridized carbons (Fsp3) is 0.368. The van der Waals surface area contributed by atoms with Crippen LogP contribution in [0.2, 0.25) is 0 Å². The summed E-state index contributed by atoms with van der Waals surface area (Å²) >= 11 is 1.28. The molecule has 1 N–H and O–H groups in total. The molecule has 26 heavy (non-hydrogen) atoms. The van der Waals surface area contributed by atoms with Gasteiger partial charge < -0.3 is 19.5 Å². The van der Waals surface area contributed by atoms with Crippen LogP contribution in [0.1, 0.15) is 35.1 Å². The number of rotatable bonds is 6. The fourth-order valence-electron chi connectivity index (χ4n) is 2.70. The van der Waals surface area contributed by atoms with Gasteiger partial charge >= 0.3 is 5.97 Å². The van der Waals surface area contributed by atoms with Gasteiger partial charge in [-0.05, 0) is 35.1 Å². The van der Waals surface area contributed by atoms with E-state index in [-0.39, 0.29) is 24.5 Å². The van der Waals surface area contributed by atoms with Gasteiger partial charge in [-0.3, -0.25) is 4.79 Å². The predicted molar refractivity (Wildman–Crippen MR) is 97.8 cm³/mol. The molecule has 3 rings (SSSR count). The van der Waals surface area contributed by atoms with Gasteiger partial charge in [0.05, 0.1) is 6.04 Å². The topological polar surface area (TPSA) is 73.9 Å². The van der Waals surface area contributed by atoms with Gasteiger partial charge in [0.2, 0.25) is 0 Å². The molecule has 138 valence electrons. The first-order valence-electron chi connectivity index (χ1n) is 8.44. The monoisotopic (exact) mass is 375 g/mol. The molecule has 2 heterocycles. The van der Waals surface area contributed by atoms with E-state index in [2.05, 4.69) is 5.32 Å². The minimum absolute atomic E-state index is 0.148. The smallest absolute Gasteiger partial charge is 0.348 e. The molecule has 7 heteroatoms. The number of hydrogen-bond donors (Lipinski definition) is 1. The second-order valence-electron chi connectivity index (χ2n) is 6.25. The van der Waals surface area contributed by atoms with Crippen LogP contribution < -0.4 is 14.8 Å². The Labute approximate surface area is 156 Å². The molecule has 1 aliphatic rings. The maximum Gasteiger partial charge on any atom is 0.348 e. The van der Waals surface area contributed by atoms with E-state index >= 15 is 0 Å². The largest absolute Gasteiger partial charge is 0.486 e. The van der Waals surface area contributed by atoms with E-state index in [0.29, 0.717) is 29.6 Å². The van der Waals surface area contributed by atoms with Crippen molar-refractivity contribution < 1.29 is 23.8 Å². The molecule has 0 bridgehead atoms. The van der Waals surface area contributed by atoms with Crippen molar-refractivity contribution in [2.75, 3.05) is 19.8 Å². The van der Waals surface area contributed by atoms with Crippen LogP contribution in [-0.2, 0) is 9.53 Å². The van der Waals surface area contributed by atoms with E-state index in [1.54, 1.807) is 17.5 Å². The summed E-state index contributed by atoms with van der Waals surface area (Å²) < 4.78 is 16.2. The number of carbonyl (C=O) groups excluding carboxylic acids is 2. The third-order valence-corrected chi connectivity index (χ3v) is 4.82. The van der Waals surface area contributed by atoms with Crippen molar-refractivity contribution in [2.24, 2.45) is 5.92 Å². The van der Waals surface area contributed by atoms with E-state index in [1.165, 1.54) is 11.3 Å². The molecule has 2 aromatic rings. The molecule has 1 aromatic heterocycles. The zero-order valence-electron chi connectivity index (χ0n) is 14.7. The van der Waals surface area contributed by atoms with Gasteiger partial charge in [-0.25, -0.2) is 4.79 Å². The van der Waals surface area contributed by atoms with Crippen LogP contribution in [0.15, 0.2) is 35.7 Å². The number of fused-ring (bicyclic) bond motifs is 1. The minimum Gasteiger partial charge on any atom is -0.486 e. The minimum atomic E-state index is -0.490. The maximum atomic E-state index is 12.3. The summed E-state index contributed by atoms with van der Waals surface area (Å²) in [6.07, 6.45) is 0. The molecule has 1 aromatic carbocycles. The van der Waals surface area contributed by atoms with Crippen LogP contribution in [0.3, 0.4) is 0 Å². The van der Waals surface area contributed by atoms with E-state index in [4.69, 9.17) is 14.2 Å². The Morgan fingerprint density at radius 2 is 1.96 bits per heavy atom. The molecule has 0 unspecified atom stereocenters. The number of esters is 1. The highest BCUT2D eigenvalue weighted by atomic mass is 32.1. The van der Waals surface area contributed by atoms with Crippen molar-refractivity contribution in [2.45, 2.75) is 19.9 Å². The number of benzene rings is 1. The van der Waals surface area contributed by atoms with Crippen LogP contribution in [0.5, 0.6) is 11.5 Å². The van der Waals surface area contributed by atoms with E-state index in [9.17, 15) is 9.59 Å². The highest BCUT2D eigenvalue weighted by molar-refractivity contribution is 7.11. The molecular weight excluding hydrogens is 354 g/mol.